The molecule has 18 heavy (non-hydrogen) atoms. The predicted octanol–water partition coefficient (Wildman–Crippen LogP) is 3.09. The summed E-state index contributed by atoms with van der Waals surface area (Å²) in [7, 11) is 0. The molecule has 2 aliphatic heterocycles. The molecule has 96 valence electrons. The maximum Gasteiger partial charge on any atom is 0.184 e. The molecule has 3 nitrogen and oxygen atoms in total. The van der Waals surface area contributed by atoms with Gasteiger partial charge >= 0.3 is 0 Å². The van der Waals surface area contributed by atoms with Crippen molar-refractivity contribution in [3.8, 4) is 5.75 Å². The minimum atomic E-state index is -0.403. The van der Waals surface area contributed by atoms with Crippen LogP contribution in [0.25, 0.3) is 0 Å². The van der Waals surface area contributed by atoms with E-state index in [0.717, 1.165) is 29.4 Å². The van der Waals surface area contributed by atoms with Crippen LogP contribution in [0, 0.1) is 0 Å². The quantitative estimate of drug-likeness (QED) is 0.800. The Hall–Kier alpha value is -1.00. The number of nitrogens with one attached hydrogen (secondary N) is 1. The van der Waals surface area contributed by atoms with Gasteiger partial charge < -0.3 is 15.0 Å². The standard InChI is InChI=1S/C13H15ClN2OS/c1-3-16-12(18)15-10-7-13(16,2)17-11-8(10)5-4-6-9(11)14/h4-6,10H,3,7H2,1-2H3,(H,15,18). The molecule has 2 bridgehead atoms. The fourth-order valence-electron chi connectivity index (χ4n) is 2.87. The molecule has 1 aromatic rings. The van der Waals surface area contributed by atoms with Gasteiger partial charge in [-0.15, -0.1) is 0 Å². The van der Waals surface area contributed by atoms with Crippen molar-refractivity contribution in [2.24, 2.45) is 0 Å². The van der Waals surface area contributed by atoms with Crippen molar-refractivity contribution in [1.82, 2.24) is 10.2 Å². The monoisotopic (exact) mass is 282 g/mol. The van der Waals surface area contributed by atoms with Crippen LogP contribution in [-0.4, -0.2) is 22.3 Å². The summed E-state index contributed by atoms with van der Waals surface area (Å²) in [5.74, 6) is 0.784. The van der Waals surface area contributed by atoms with E-state index in [1.807, 2.05) is 18.2 Å². The van der Waals surface area contributed by atoms with Crippen LogP contribution in [0.2, 0.25) is 5.02 Å². The van der Waals surface area contributed by atoms with Crippen LogP contribution in [0.1, 0.15) is 31.9 Å². The maximum atomic E-state index is 6.24. The third-order valence-electron chi connectivity index (χ3n) is 3.71. The number of nitrogens with zero attached hydrogens (tertiary/aromatic N) is 1. The summed E-state index contributed by atoms with van der Waals surface area (Å²) in [6.45, 7) is 4.96. The van der Waals surface area contributed by atoms with Gasteiger partial charge in [-0.3, -0.25) is 0 Å². The van der Waals surface area contributed by atoms with Crippen LogP contribution in [-0.2, 0) is 0 Å². The van der Waals surface area contributed by atoms with Crippen molar-refractivity contribution in [1.29, 1.82) is 0 Å². The van der Waals surface area contributed by atoms with E-state index in [1.54, 1.807) is 0 Å². The van der Waals surface area contributed by atoms with Gasteiger partial charge in [0.1, 0.15) is 5.75 Å². The van der Waals surface area contributed by atoms with Crippen LogP contribution < -0.4 is 10.1 Å². The predicted molar refractivity (Wildman–Crippen MR) is 76.0 cm³/mol. The summed E-state index contributed by atoms with van der Waals surface area (Å²) < 4.78 is 6.16. The number of hydrogen-bond acceptors (Lipinski definition) is 2. The highest BCUT2D eigenvalue weighted by Crippen LogP contribution is 2.46. The third-order valence-corrected chi connectivity index (χ3v) is 4.34. The molecular formula is C13H15ClN2OS. The van der Waals surface area contributed by atoms with Gasteiger partial charge in [0.2, 0.25) is 0 Å². The zero-order chi connectivity index (χ0) is 12.9. The van der Waals surface area contributed by atoms with Crippen molar-refractivity contribution < 1.29 is 4.74 Å². The molecule has 3 rings (SSSR count). The van der Waals surface area contributed by atoms with Gasteiger partial charge in [0.05, 0.1) is 11.1 Å². The fraction of sp³-hybridized carbons (Fsp3) is 0.462. The SMILES string of the molecule is CCN1C(=S)NC2CC1(C)Oc1c(Cl)cccc12. The Balaban J connectivity index is 2.12. The molecule has 0 spiro atoms. The molecule has 1 saturated heterocycles. The van der Waals surface area contributed by atoms with E-state index in [-0.39, 0.29) is 6.04 Å². The Kier molecular flexibility index (Phi) is 2.68. The van der Waals surface area contributed by atoms with Crippen molar-refractivity contribution >= 4 is 28.9 Å². The van der Waals surface area contributed by atoms with Crippen LogP contribution in [0.3, 0.4) is 0 Å². The molecule has 0 saturated carbocycles. The Bertz CT molecular complexity index is 522. The maximum absolute atomic E-state index is 6.24. The molecular weight excluding hydrogens is 268 g/mol. The topological polar surface area (TPSA) is 24.5 Å². The van der Waals surface area contributed by atoms with E-state index in [0.29, 0.717) is 5.02 Å². The van der Waals surface area contributed by atoms with Crippen molar-refractivity contribution in [2.45, 2.75) is 32.0 Å². The summed E-state index contributed by atoms with van der Waals surface area (Å²) >= 11 is 11.7. The third kappa shape index (κ3) is 1.59. The number of thiocarbonyl (C=S) groups is 1. The number of rotatable bonds is 1. The van der Waals surface area contributed by atoms with Gasteiger partial charge in [-0.2, -0.15) is 0 Å². The van der Waals surface area contributed by atoms with Crippen molar-refractivity contribution in [2.75, 3.05) is 6.54 Å². The number of halogens is 1. The molecule has 1 aromatic carbocycles. The van der Waals surface area contributed by atoms with Crippen LogP contribution >= 0.6 is 23.8 Å². The van der Waals surface area contributed by atoms with Crippen molar-refractivity contribution in [3.05, 3.63) is 28.8 Å². The molecule has 2 unspecified atom stereocenters. The Morgan fingerprint density at radius 2 is 2.39 bits per heavy atom. The van der Waals surface area contributed by atoms with Gasteiger partial charge in [-0.05, 0) is 32.1 Å². The second-order valence-electron chi connectivity index (χ2n) is 4.89. The largest absolute Gasteiger partial charge is 0.466 e. The lowest BCUT2D eigenvalue weighted by atomic mass is 9.90. The molecule has 0 aliphatic carbocycles. The second-order valence-corrected chi connectivity index (χ2v) is 5.68. The first-order valence-corrected chi connectivity index (χ1v) is 6.89. The molecule has 2 atom stereocenters. The first-order valence-electron chi connectivity index (χ1n) is 6.11. The Morgan fingerprint density at radius 1 is 1.61 bits per heavy atom. The molecule has 5 heteroatoms. The lowest BCUT2D eigenvalue weighted by Crippen LogP contribution is -2.64. The summed E-state index contributed by atoms with van der Waals surface area (Å²) in [5, 5.41) is 4.79. The van der Waals surface area contributed by atoms with E-state index < -0.39 is 5.72 Å². The number of benzene rings is 1. The smallest absolute Gasteiger partial charge is 0.184 e. The minimum absolute atomic E-state index is 0.188. The van der Waals surface area contributed by atoms with E-state index in [1.165, 1.54) is 0 Å². The molecule has 2 heterocycles. The minimum Gasteiger partial charge on any atom is -0.466 e. The van der Waals surface area contributed by atoms with Gasteiger partial charge in [0, 0.05) is 18.5 Å². The summed E-state index contributed by atoms with van der Waals surface area (Å²) in [6, 6.07) is 6.04. The number of hydrogen-bond donors (Lipinski definition) is 1. The zero-order valence-corrected chi connectivity index (χ0v) is 11.9. The highest BCUT2D eigenvalue weighted by molar-refractivity contribution is 7.80. The lowest BCUT2D eigenvalue weighted by molar-refractivity contribution is -0.0657. The lowest BCUT2D eigenvalue weighted by Gasteiger charge is -2.52. The average Bonchev–Trinajstić information content (AvgIpc) is 2.30. The fourth-order valence-corrected chi connectivity index (χ4v) is 3.56. The van der Waals surface area contributed by atoms with Gasteiger partial charge in [-0.1, -0.05) is 23.7 Å². The normalized spacial score (nSPS) is 29.4. The molecule has 2 aliphatic rings. The molecule has 0 aromatic heterocycles. The van der Waals surface area contributed by atoms with E-state index in [2.05, 4.69) is 24.1 Å². The van der Waals surface area contributed by atoms with Crippen LogP contribution in [0.4, 0.5) is 0 Å². The number of fused-ring (bicyclic) bond motifs is 4. The highest BCUT2D eigenvalue weighted by Gasteiger charge is 2.47. The summed E-state index contributed by atoms with van der Waals surface area (Å²) in [4.78, 5) is 2.07. The van der Waals surface area contributed by atoms with Gasteiger partial charge in [0.25, 0.3) is 0 Å². The zero-order valence-electron chi connectivity index (χ0n) is 10.4. The van der Waals surface area contributed by atoms with Crippen LogP contribution in [0.15, 0.2) is 18.2 Å². The average molecular weight is 283 g/mol. The molecule has 0 radical (unpaired) electrons. The van der Waals surface area contributed by atoms with E-state index in [9.17, 15) is 0 Å². The molecule has 1 fully saturated rings. The highest BCUT2D eigenvalue weighted by atomic mass is 35.5. The Morgan fingerprint density at radius 3 is 3.11 bits per heavy atom. The summed E-state index contributed by atoms with van der Waals surface area (Å²) in [5.41, 5.74) is 0.692. The van der Waals surface area contributed by atoms with E-state index >= 15 is 0 Å². The molecule has 1 N–H and O–H groups in total. The van der Waals surface area contributed by atoms with Gasteiger partial charge in [-0.25, -0.2) is 0 Å². The summed E-state index contributed by atoms with van der Waals surface area (Å²) in [6.07, 6.45) is 0.869. The second kappa shape index (κ2) is 4.00. The van der Waals surface area contributed by atoms with Crippen molar-refractivity contribution in [3.63, 3.8) is 0 Å². The Labute approximate surface area is 117 Å². The van der Waals surface area contributed by atoms with Gasteiger partial charge in [0.15, 0.2) is 10.8 Å². The van der Waals surface area contributed by atoms with Crippen LogP contribution in [0.5, 0.6) is 5.75 Å². The first kappa shape index (κ1) is 12.1. The number of ether oxygens (including phenoxy) is 1. The number of para-hydroxylation sites is 1. The van der Waals surface area contributed by atoms with E-state index in [4.69, 9.17) is 28.6 Å². The first-order chi connectivity index (χ1) is 8.55. The molecule has 0 amide bonds.